The summed E-state index contributed by atoms with van der Waals surface area (Å²) < 4.78 is 5.63. The predicted molar refractivity (Wildman–Crippen MR) is 104 cm³/mol. The van der Waals surface area contributed by atoms with Gasteiger partial charge in [0.15, 0.2) is 0 Å². The number of hydrogen-bond acceptors (Lipinski definition) is 7. The molecule has 140 valence electrons. The van der Waals surface area contributed by atoms with Crippen LogP contribution in [-0.4, -0.2) is 72.2 Å². The highest BCUT2D eigenvalue weighted by Crippen LogP contribution is 2.31. The molecule has 7 heteroatoms. The molecule has 26 heavy (non-hydrogen) atoms. The Bertz CT molecular complexity index is 688. The average Bonchev–Trinajstić information content (AvgIpc) is 3.07. The lowest BCUT2D eigenvalue weighted by Crippen LogP contribution is -2.47. The zero-order chi connectivity index (χ0) is 17.8. The smallest absolute Gasteiger partial charge is 0.208 e. The molecule has 0 amide bonds. The number of ether oxygens (including phenoxy) is 1. The number of aliphatic hydroxyl groups excluding tert-OH is 1. The summed E-state index contributed by atoms with van der Waals surface area (Å²) in [6.07, 6.45) is 2.25. The summed E-state index contributed by atoms with van der Waals surface area (Å²) in [7, 11) is 0. The summed E-state index contributed by atoms with van der Waals surface area (Å²) in [6, 6.07) is 10.8. The molecule has 3 heterocycles. The van der Waals surface area contributed by atoms with Gasteiger partial charge in [0.05, 0.1) is 13.2 Å². The minimum atomic E-state index is 0.211. The van der Waals surface area contributed by atoms with Crippen LogP contribution in [0.15, 0.2) is 30.3 Å². The van der Waals surface area contributed by atoms with Crippen molar-refractivity contribution >= 4 is 16.5 Å². The van der Waals surface area contributed by atoms with Crippen molar-refractivity contribution in [1.29, 1.82) is 0 Å². The zero-order valence-corrected chi connectivity index (χ0v) is 15.8. The normalized spacial score (nSPS) is 23.1. The maximum Gasteiger partial charge on any atom is 0.208 e. The van der Waals surface area contributed by atoms with Crippen molar-refractivity contribution in [2.45, 2.75) is 18.9 Å². The molecule has 0 radical (unpaired) electrons. The Kier molecular flexibility index (Phi) is 5.79. The van der Waals surface area contributed by atoms with Crippen molar-refractivity contribution in [2.75, 3.05) is 50.9 Å². The zero-order valence-electron chi connectivity index (χ0n) is 15.0. The van der Waals surface area contributed by atoms with Crippen LogP contribution in [0.25, 0.3) is 10.6 Å². The number of aliphatic hydroxyl groups is 1. The lowest BCUT2D eigenvalue weighted by atomic mass is 10.0. The van der Waals surface area contributed by atoms with Gasteiger partial charge in [0.1, 0.15) is 5.01 Å². The van der Waals surface area contributed by atoms with Crippen LogP contribution in [-0.2, 0) is 4.74 Å². The Morgan fingerprint density at radius 3 is 2.69 bits per heavy atom. The second-order valence-electron chi connectivity index (χ2n) is 7.09. The molecule has 0 spiro atoms. The third-order valence-corrected chi connectivity index (χ3v) is 6.35. The molecule has 0 aliphatic carbocycles. The molecule has 2 aliphatic rings. The topological polar surface area (TPSA) is 61.7 Å². The summed E-state index contributed by atoms with van der Waals surface area (Å²) >= 11 is 1.67. The molecule has 0 saturated carbocycles. The van der Waals surface area contributed by atoms with Gasteiger partial charge in [-0.05, 0) is 12.8 Å². The number of hydrogen-bond donors (Lipinski definition) is 1. The first-order valence-electron chi connectivity index (χ1n) is 9.40. The van der Waals surface area contributed by atoms with Crippen molar-refractivity contribution in [3.63, 3.8) is 0 Å². The molecule has 1 atom stereocenters. The Morgan fingerprint density at radius 2 is 1.92 bits per heavy atom. The third kappa shape index (κ3) is 4.06. The summed E-state index contributed by atoms with van der Waals surface area (Å²) in [5.41, 5.74) is 1.13. The number of anilines is 1. The second-order valence-corrected chi connectivity index (χ2v) is 8.05. The van der Waals surface area contributed by atoms with Gasteiger partial charge in [-0.2, -0.15) is 0 Å². The summed E-state index contributed by atoms with van der Waals surface area (Å²) in [6.45, 7) is 5.59. The quantitative estimate of drug-likeness (QED) is 0.885. The van der Waals surface area contributed by atoms with E-state index in [9.17, 15) is 5.11 Å². The van der Waals surface area contributed by atoms with E-state index in [4.69, 9.17) is 4.74 Å². The monoisotopic (exact) mass is 374 g/mol. The molecule has 1 N–H and O–H groups in total. The van der Waals surface area contributed by atoms with Gasteiger partial charge in [0.2, 0.25) is 5.13 Å². The molecule has 1 aromatic heterocycles. The molecule has 2 aliphatic heterocycles. The Labute approximate surface area is 158 Å². The minimum Gasteiger partial charge on any atom is -0.396 e. The van der Waals surface area contributed by atoms with Crippen LogP contribution in [0.5, 0.6) is 0 Å². The minimum absolute atomic E-state index is 0.211. The fourth-order valence-corrected chi connectivity index (χ4v) is 4.71. The average molecular weight is 375 g/mol. The van der Waals surface area contributed by atoms with Gasteiger partial charge in [-0.3, -0.25) is 4.90 Å². The van der Waals surface area contributed by atoms with E-state index in [0.717, 1.165) is 61.3 Å². The van der Waals surface area contributed by atoms with E-state index >= 15 is 0 Å². The molecule has 0 bridgehead atoms. The van der Waals surface area contributed by atoms with Gasteiger partial charge < -0.3 is 14.7 Å². The van der Waals surface area contributed by atoms with Crippen LogP contribution in [0, 0.1) is 5.92 Å². The maximum atomic E-state index is 9.49. The lowest BCUT2D eigenvalue weighted by molar-refractivity contribution is 0.0955. The molecule has 2 aromatic rings. The van der Waals surface area contributed by atoms with Crippen molar-refractivity contribution in [3.8, 4) is 10.6 Å². The number of rotatable bonds is 4. The first-order chi connectivity index (χ1) is 12.8. The fraction of sp³-hybridized carbons (Fsp3) is 0.579. The summed E-state index contributed by atoms with van der Waals surface area (Å²) in [5.74, 6) is 0.243. The van der Waals surface area contributed by atoms with Crippen molar-refractivity contribution in [3.05, 3.63) is 30.3 Å². The second kappa shape index (κ2) is 8.43. The molecule has 1 aromatic carbocycles. The van der Waals surface area contributed by atoms with E-state index in [-0.39, 0.29) is 12.5 Å². The van der Waals surface area contributed by atoms with Gasteiger partial charge in [0, 0.05) is 50.3 Å². The summed E-state index contributed by atoms with van der Waals surface area (Å²) in [5, 5.41) is 20.3. The maximum absolute atomic E-state index is 9.49. The molecule has 6 nitrogen and oxygen atoms in total. The number of nitrogens with zero attached hydrogens (tertiary/aromatic N) is 4. The predicted octanol–water partition coefficient (Wildman–Crippen LogP) is 2.11. The van der Waals surface area contributed by atoms with Crippen LogP contribution < -0.4 is 4.90 Å². The molecule has 2 fully saturated rings. The molecular formula is C19H26N4O2S. The Balaban J connectivity index is 1.36. The summed E-state index contributed by atoms with van der Waals surface area (Å²) in [4.78, 5) is 4.87. The van der Waals surface area contributed by atoms with E-state index < -0.39 is 0 Å². The van der Waals surface area contributed by atoms with Crippen LogP contribution in [0.1, 0.15) is 12.8 Å². The van der Waals surface area contributed by atoms with E-state index in [1.165, 1.54) is 0 Å². The van der Waals surface area contributed by atoms with Crippen molar-refractivity contribution in [1.82, 2.24) is 15.1 Å². The first kappa shape index (κ1) is 17.9. The van der Waals surface area contributed by atoms with E-state index in [1.54, 1.807) is 11.3 Å². The van der Waals surface area contributed by atoms with Gasteiger partial charge in [-0.25, -0.2) is 0 Å². The van der Waals surface area contributed by atoms with Crippen molar-refractivity contribution in [2.24, 2.45) is 5.92 Å². The lowest BCUT2D eigenvalue weighted by Gasteiger charge is -2.38. The van der Waals surface area contributed by atoms with Crippen LogP contribution >= 0.6 is 11.3 Å². The fourth-order valence-electron chi connectivity index (χ4n) is 3.81. The highest BCUT2D eigenvalue weighted by molar-refractivity contribution is 7.18. The number of benzene rings is 1. The van der Waals surface area contributed by atoms with Gasteiger partial charge in [-0.15, -0.1) is 10.2 Å². The van der Waals surface area contributed by atoms with Crippen LogP contribution in [0.4, 0.5) is 5.13 Å². The highest BCUT2D eigenvalue weighted by Gasteiger charge is 2.29. The van der Waals surface area contributed by atoms with E-state index in [1.807, 2.05) is 18.2 Å². The SMILES string of the molecule is OCC1COCCN(C2CCN(c3nnc(-c4ccccc4)s3)CC2)C1. The van der Waals surface area contributed by atoms with E-state index in [0.29, 0.717) is 12.6 Å². The van der Waals surface area contributed by atoms with Gasteiger partial charge >= 0.3 is 0 Å². The van der Waals surface area contributed by atoms with Crippen LogP contribution in [0.3, 0.4) is 0 Å². The van der Waals surface area contributed by atoms with Gasteiger partial charge in [0.25, 0.3) is 0 Å². The molecule has 1 unspecified atom stereocenters. The van der Waals surface area contributed by atoms with Crippen LogP contribution in [0.2, 0.25) is 0 Å². The standard InChI is InChI=1S/C19H26N4O2S/c24-13-15-12-23(10-11-25-14-15)17-6-8-22(9-7-17)19-21-20-18(26-19)16-4-2-1-3-5-16/h1-5,15,17,24H,6-14H2. The highest BCUT2D eigenvalue weighted by atomic mass is 32.1. The molecule has 4 rings (SSSR count). The van der Waals surface area contributed by atoms with E-state index in [2.05, 4.69) is 32.1 Å². The van der Waals surface area contributed by atoms with Gasteiger partial charge in [-0.1, -0.05) is 41.7 Å². The Hall–Kier alpha value is -1.54. The third-order valence-electron chi connectivity index (χ3n) is 5.31. The molecule has 2 saturated heterocycles. The number of piperidine rings is 1. The number of aromatic nitrogens is 2. The first-order valence-corrected chi connectivity index (χ1v) is 10.2. The largest absolute Gasteiger partial charge is 0.396 e. The Morgan fingerprint density at radius 1 is 1.12 bits per heavy atom. The van der Waals surface area contributed by atoms with Crippen molar-refractivity contribution < 1.29 is 9.84 Å². The molecular weight excluding hydrogens is 348 g/mol.